The Kier molecular flexibility index (Phi) is 5.28. The Morgan fingerprint density at radius 1 is 1.29 bits per heavy atom. The lowest BCUT2D eigenvalue weighted by molar-refractivity contribution is 0.310. The second-order valence-corrected chi connectivity index (χ2v) is 6.07. The van der Waals surface area contributed by atoms with E-state index in [2.05, 4.69) is 40.4 Å². The number of halogens is 1. The lowest BCUT2D eigenvalue weighted by atomic mass is 10.2. The van der Waals surface area contributed by atoms with Gasteiger partial charge in [0.2, 0.25) is 0 Å². The van der Waals surface area contributed by atoms with Crippen molar-refractivity contribution in [3.8, 4) is 5.75 Å². The molecule has 2 heterocycles. The van der Waals surface area contributed by atoms with Crippen LogP contribution in [0.1, 0.15) is 11.8 Å². The summed E-state index contributed by atoms with van der Waals surface area (Å²) in [6.45, 7) is 3.48. The molecule has 0 spiro atoms. The molecule has 1 atom stereocenters. The van der Waals surface area contributed by atoms with Gasteiger partial charge in [0.25, 0.3) is 0 Å². The van der Waals surface area contributed by atoms with Crippen molar-refractivity contribution in [3.63, 3.8) is 0 Å². The van der Waals surface area contributed by atoms with E-state index in [0.29, 0.717) is 6.61 Å². The molecule has 0 bridgehead atoms. The Bertz CT molecular complexity index is 691. The van der Waals surface area contributed by atoms with Crippen molar-refractivity contribution in [2.24, 2.45) is 5.73 Å². The first-order valence-electron chi connectivity index (χ1n) is 6.72. The van der Waals surface area contributed by atoms with Gasteiger partial charge < -0.3 is 15.0 Å². The van der Waals surface area contributed by atoms with Gasteiger partial charge >= 0.3 is 0 Å². The van der Waals surface area contributed by atoms with Crippen LogP contribution in [0.3, 0.4) is 0 Å². The van der Waals surface area contributed by atoms with Crippen LogP contribution in [0.15, 0.2) is 48.0 Å². The minimum atomic E-state index is 0. The highest BCUT2D eigenvalue weighted by atomic mass is 35.5. The Hall–Kier alpha value is -1.49. The van der Waals surface area contributed by atoms with Crippen molar-refractivity contribution >= 4 is 34.6 Å². The summed E-state index contributed by atoms with van der Waals surface area (Å²) in [5, 5.41) is 3.25. The van der Waals surface area contributed by atoms with Crippen LogP contribution < -0.4 is 10.5 Å². The topological polar surface area (TPSA) is 40.2 Å². The van der Waals surface area contributed by atoms with Crippen molar-refractivity contribution in [2.75, 3.05) is 0 Å². The summed E-state index contributed by atoms with van der Waals surface area (Å²) >= 11 is 1.71. The third-order valence-electron chi connectivity index (χ3n) is 3.19. The number of fused-ring (bicyclic) bond motifs is 1. The summed E-state index contributed by atoms with van der Waals surface area (Å²) < 4.78 is 8.01. The molecule has 112 valence electrons. The zero-order chi connectivity index (χ0) is 13.9. The van der Waals surface area contributed by atoms with E-state index in [1.165, 1.54) is 15.8 Å². The average molecular weight is 323 g/mol. The van der Waals surface area contributed by atoms with Crippen LogP contribution in [0, 0.1) is 0 Å². The minimum Gasteiger partial charge on any atom is -0.488 e. The average Bonchev–Trinajstić information content (AvgIpc) is 3.06. The van der Waals surface area contributed by atoms with E-state index in [4.69, 9.17) is 10.5 Å². The second kappa shape index (κ2) is 6.98. The molecule has 1 unspecified atom stereocenters. The number of aromatic nitrogens is 1. The summed E-state index contributed by atoms with van der Waals surface area (Å²) in [5.41, 5.74) is 7.06. The summed E-state index contributed by atoms with van der Waals surface area (Å²) in [5.74, 6) is 0.907. The highest BCUT2D eigenvalue weighted by Crippen LogP contribution is 2.23. The monoisotopic (exact) mass is 322 g/mol. The Balaban J connectivity index is 0.00000161. The van der Waals surface area contributed by atoms with E-state index < -0.39 is 0 Å². The van der Waals surface area contributed by atoms with Gasteiger partial charge in [0.1, 0.15) is 12.4 Å². The van der Waals surface area contributed by atoms with Crippen molar-refractivity contribution in [2.45, 2.75) is 26.1 Å². The number of thiophene rings is 1. The molecule has 0 amide bonds. The molecule has 0 aliphatic heterocycles. The van der Waals surface area contributed by atoms with E-state index >= 15 is 0 Å². The zero-order valence-electron chi connectivity index (χ0n) is 11.9. The zero-order valence-corrected chi connectivity index (χ0v) is 13.5. The Morgan fingerprint density at radius 3 is 2.86 bits per heavy atom. The third-order valence-corrected chi connectivity index (χ3v) is 4.04. The first kappa shape index (κ1) is 15.9. The van der Waals surface area contributed by atoms with Gasteiger partial charge in [-0.1, -0.05) is 6.07 Å². The molecular formula is C16H19ClN2OS. The fourth-order valence-corrected chi connectivity index (χ4v) is 2.90. The maximum atomic E-state index is 5.86. The number of rotatable bonds is 5. The number of benzene rings is 1. The predicted octanol–water partition coefficient (Wildman–Crippen LogP) is 4.05. The first-order chi connectivity index (χ1) is 9.72. The van der Waals surface area contributed by atoms with Gasteiger partial charge in [0, 0.05) is 34.6 Å². The molecule has 0 saturated carbocycles. The molecule has 0 saturated heterocycles. The van der Waals surface area contributed by atoms with E-state index in [9.17, 15) is 0 Å². The number of nitrogens with two attached hydrogens (primary N) is 1. The van der Waals surface area contributed by atoms with E-state index in [1.807, 2.05) is 19.1 Å². The lowest BCUT2D eigenvalue weighted by Crippen LogP contribution is -2.21. The van der Waals surface area contributed by atoms with Crippen LogP contribution in [-0.4, -0.2) is 10.6 Å². The summed E-state index contributed by atoms with van der Waals surface area (Å²) in [7, 11) is 0. The molecule has 3 aromatic rings. The Labute approximate surface area is 134 Å². The maximum Gasteiger partial charge on any atom is 0.122 e. The van der Waals surface area contributed by atoms with Crippen LogP contribution in [0.25, 0.3) is 10.9 Å². The van der Waals surface area contributed by atoms with Crippen LogP contribution in [0.5, 0.6) is 5.75 Å². The van der Waals surface area contributed by atoms with Crippen molar-refractivity contribution in [1.82, 2.24) is 4.57 Å². The van der Waals surface area contributed by atoms with Crippen molar-refractivity contribution in [1.29, 1.82) is 0 Å². The molecule has 2 N–H and O–H groups in total. The second-order valence-electron chi connectivity index (χ2n) is 5.03. The molecule has 1 aromatic carbocycles. The summed E-state index contributed by atoms with van der Waals surface area (Å²) in [6, 6.07) is 12.6. The third kappa shape index (κ3) is 3.79. The fourth-order valence-electron chi connectivity index (χ4n) is 2.29. The highest BCUT2D eigenvalue weighted by Gasteiger charge is 2.05. The van der Waals surface area contributed by atoms with Crippen molar-refractivity contribution in [3.05, 3.63) is 52.9 Å². The molecule has 0 fully saturated rings. The normalized spacial score (nSPS) is 12.1. The van der Waals surface area contributed by atoms with Crippen LogP contribution in [0.4, 0.5) is 0 Å². The largest absolute Gasteiger partial charge is 0.488 e. The molecule has 21 heavy (non-hydrogen) atoms. The van der Waals surface area contributed by atoms with Gasteiger partial charge in [-0.05, 0) is 42.6 Å². The van der Waals surface area contributed by atoms with Crippen molar-refractivity contribution < 1.29 is 4.74 Å². The molecule has 0 aliphatic rings. The molecule has 0 aliphatic carbocycles. The highest BCUT2D eigenvalue weighted by molar-refractivity contribution is 7.09. The molecule has 0 radical (unpaired) electrons. The summed E-state index contributed by atoms with van der Waals surface area (Å²) in [4.78, 5) is 1.24. The molecule has 3 nitrogen and oxygen atoms in total. The van der Waals surface area contributed by atoms with Gasteiger partial charge in [-0.25, -0.2) is 0 Å². The number of nitrogens with zero attached hydrogens (tertiary/aromatic N) is 1. The minimum absolute atomic E-state index is 0. The quantitative estimate of drug-likeness (QED) is 0.769. The Morgan fingerprint density at radius 2 is 2.14 bits per heavy atom. The van der Waals surface area contributed by atoms with Crippen LogP contribution >= 0.6 is 23.7 Å². The van der Waals surface area contributed by atoms with Gasteiger partial charge in [0.05, 0.1) is 0 Å². The maximum absolute atomic E-state index is 5.86. The molecule has 2 aromatic heterocycles. The van der Waals surface area contributed by atoms with E-state index in [0.717, 1.165) is 12.3 Å². The van der Waals surface area contributed by atoms with Gasteiger partial charge in [-0.3, -0.25) is 0 Å². The van der Waals surface area contributed by atoms with Gasteiger partial charge in [-0.15, -0.1) is 23.7 Å². The van der Waals surface area contributed by atoms with Crippen LogP contribution in [-0.2, 0) is 13.2 Å². The molecule has 5 heteroatoms. The standard InChI is InChI=1S/C16H18N2OS.ClH/c1-12(17)10-18-7-6-13-9-14(4-5-16(13)18)19-11-15-3-2-8-20-15;/h2-9,12H,10-11,17H2,1H3;1H. The first-order valence-corrected chi connectivity index (χ1v) is 7.60. The molecule has 3 rings (SSSR count). The summed E-state index contributed by atoms with van der Waals surface area (Å²) in [6.07, 6.45) is 2.08. The van der Waals surface area contributed by atoms with Crippen LogP contribution in [0.2, 0.25) is 0 Å². The number of hydrogen-bond donors (Lipinski definition) is 1. The smallest absolute Gasteiger partial charge is 0.122 e. The molecular weight excluding hydrogens is 304 g/mol. The van der Waals surface area contributed by atoms with Gasteiger partial charge in [-0.2, -0.15) is 0 Å². The van der Waals surface area contributed by atoms with E-state index in [1.54, 1.807) is 11.3 Å². The number of ether oxygens (including phenoxy) is 1. The number of hydrogen-bond acceptors (Lipinski definition) is 3. The fraction of sp³-hybridized carbons (Fsp3) is 0.250. The predicted molar refractivity (Wildman–Crippen MR) is 91.5 cm³/mol. The van der Waals surface area contributed by atoms with E-state index in [-0.39, 0.29) is 18.4 Å². The SMILES string of the molecule is CC(N)Cn1ccc2cc(OCc3cccs3)ccc21.Cl. The van der Waals surface area contributed by atoms with Gasteiger partial charge in [0.15, 0.2) is 0 Å². The lowest BCUT2D eigenvalue weighted by Gasteiger charge is -2.09.